The first-order valence-electron chi connectivity index (χ1n) is 7.23. The molecule has 1 heterocycles. The summed E-state index contributed by atoms with van der Waals surface area (Å²) in [5.74, 6) is 0.438. The van der Waals surface area contributed by atoms with E-state index in [0.29, 0.717) is 31.7 Å². The first-order chi connectivity index (χ1) is 8.97. The molecule has 0 amide bonds. The molecule has 114 valence electrons. The molecule has 1 fully saturated rings. The van der Waals surface area contributed by atoms with Gasteiger partial charge in [0, 0.05) is 25.7 Å². The van der Waals surface area contributed by atoms with Crippen LogP contribution < -0.4 is 5.32 Å². The molecule has 1 saturated heterocycles. The molecule has 1 aliphatic rings. The van der Waals surface area contributed by atoms with Gasteiger partial charge in [0.15, 0.2) is 0 Å². The summed E-state index contributed by atoms with van der Waals surface area (Å²) in [4.78, 5) is 0. The van der Waals surface area contributed by atoms with Gasteiger partial charge < -0.3 is 10.1 Å². The second-order valence-electron chi connectivity index (χ2n) is 5.28. The fourth-order valence-corrected chi connectivity index (χ4v) is 3.62. The molecule has 0 aromatic carbocycles. The highest BCUT2D eigenvalue weighted by molar-refractivity contribution is 7.88. The number of piperidine rings is 1. The Labute approximate surface area is 117 Å². The SMILES string of the molecule is CCNC(COCC)CC1CCCN(S(C)(=O)=O)C1. The predicted octanol–water partition coefficient (Wildman–Crippen LogP) is 1.06. The predicted molar refractivity (Wildman–Crippen MR) is 77.7 cm³/mol. The van der Waals surface area contributed by atoms with Gasteiger partial charge >= 0.3 is 0 Å². The summed E-state index contributed by atoms with van der Waals surface area (Å²) >= 11 is 0. The average molecular weight is 292 g/mol. The van der Waals surface area contributed by atoms with Crippen LogP contribution in [0.4, 0.5) is 0 Å². The van der Waals surface area contributed by atoms with Gasteiger partial charge in [-0.05, 0) is 38.6 Å². The minimum absolute atomic E-state index is 0.328. The highest BCUT2D eigenvalue weighted by atomic mass is 32.2. The largest absolute Gasteiger partial charge is 0.380 e. The van der Waals surface area contributed by atoms with Crippen LogP contribution in [0.5, 0.6) is 0 Å². The second kappa shape index (κ2) is 8.19. The normalized spacial score (nSPS) is 23.4. The van der Waals surface area contributed by atoms with Crippen molar-refractivity contribution in [3.05, 3.63) is 0 Å². The van der Waals surface area contributed by atoms with Crippen molar-refractivity contribution in [2.45, 2.75) is 39.2 Å². The maximum Gasteiger partial charge on any atom is 0.211 e. The Morgan fingerprint density at radius 1 is 1.42 bits per heavy atom. The van der Waals surface area contributed by atoms with Crippen LogP contribution in [0.25, 0.3) is 0 Å². The van der Waals surface area contributed by atoms with E-state index < -0.39 is 10.0 Å². The molecule has 2 unspecified atom stereocenters. The molecule has 0 spiro atoms. The van der Waals surface area contributed by atoms with Gasteiger partial charge in [0.25, 0.3) is 0 Å². The van der Waals surface area contributed by atoms with Gasteiger partial charge in [0.05, 0.1) is 12.9 Å². The van der Waals surface area contributed by atoms with Gasteiger partial charge in [-0.25, -0.2) is 12.7 Å². The van der Waals surface area contributed by atoms with E-state index in [-0.39, 0.29) is 0 Å². The van der Waals surface area contributed by atoms with Gasteiger partial charge in [0.2, 0.25) is 10.0 Å². The second-order valence-corrected chi connectivity index (χ2v) is 7.26. The van der Waals surface area contributed by atoms with Crippen molar-refractivity contribution in [1.82, 2.24) is 9.62 Å². The number of ether oxygens (including phenoxy) is 1. The first-order valence-corrected chi connectivity index (χ1v) is 9.08. The zero-order chi connectivity index (χ0) is 14.3. The van der Waals surface area contributed by atoms with Crippen molar-refractivity contribution in [3.63, 3.8) is 0 Å². The smallest absolute Gasteiger partial charge is 0.211 e. The maximum atomic E-state index is 11.6. The summed E-state index contributed by atoms with van der Waals surface area (Å²) in [6.07, 6.45) is 4.36. The minimum atomic E-state index is -3.04. The summed E-state index contributed by atoms with van der Waals surface area (Å²) in [5, 5.41) is 3.43. The van der Waals surface area contributed by atoms with Gasteiger partial charge in [0.1, 0.15) is 0 Å². The molecule has 0 saturated carbocycles. The number of rotatable bonds is 8. The number of likely N-dealkylation sites (N-methyl/N-ethyl adjacent to an activating group) is 1. The molecule has 1 rings (SSSR count). The summed E-state index contributed by atoms with van der Waals surface area (Å²) in [6.45, 7) is 7.76. The van der Waals surface area contributed by atoms with E-state index in [1.54, 1.807) is 4.31 Å². The highest BCUT2D eigenvalue weighted by Gasteiger charge is 2.27. The van der Waals surface area contributed by atoms with Gasteiger partial charge in [-0.1, -0.05) is 6.92 Å². The van der Waals surface area contributed by atoms with Gasteiger partial charge in [-0.2, -0.15) is 0 Å². The third kappa shape index (κ3) is 6.21. The zero-order valence-electron chi connectivity index (χ0n) is 12.4. The van der Waals surface area contributed by atoms with Crippen LogP contribution in [0.2, 0.25) is 0 Å². The van der Waals surface area contributed by atoms with Crippen LogP contribution in [0.1, 0.15) is 33.1 Å². The molecule has 19 heavy (non-hydrogen) atoms. The molecular formula is C13H28N2O3S. The standard InChI is InChI=1S/C13H28N2O3S/c1-4-14-13(11-18-5-2)9-12-7-6-8-15(10-12)19(3,16)17/h12-14H,4-11H2,1-3H3. The molecule has 6 heteroatoms. The summed E-state index contributed by atoms with van der Waals surface area (Å²) in [7, 11) is -3.04. The molecule has 1 N–H and O–H groups in total. The third-order valence-electron chi connectivity index (χ3n) is 3.58. The Morgan fingerprint density at radius 3 is 2.74 bits per heavy atom. The fourth-order valence-electron chi connectivity index (χ4n) is 2.68. The van der Waals surface area contributed by atoms with Crippen LogP contribution in [-0.4, -0.2) is 57.9 Å². The van der Waals surface area contributed by atoms with E-state index in [1.807, 2.05) is 6.92 Å². The number of hydrogen-bond acceptors (Lipinski definition) is 4. The van der Waals surface area contributed by atoms with Crippen molar-refractivity contribution in [1.29, 1.82) is 0 Å². The highest BCUT2D eigenvalue weighted by Crippen LogP contribution is 2.22. The molecule has 0 aromatic heterocycles. The molecule has 0 bridgehead atoms. The average Bonchev–Trinajstić information content (AvgIpc) is 2.35. The number of sulfonamides is 1. The molecular weight excluding hydrogens is 264 g/mol. The van der Waals surface area contributed by atoms with Crippen molar-refractivity contribution < 1.29 is 13.2 Å². The Bertz CT molecular complexity index is 346. The summed E-state index contributed by atoms with van der Waals surface area (Å²) < 4.78 is 30.3. The van der Waals surface area contributed by atoms with Crippen molar-refractivity contribution in [2.75, 3.05) is 39.1 Å². The lowest BCUT2D eigenvalue weighted by Gasteiger charge is -2.33. The van der Waals surface area contributed by atoms with E-state index >= 15 is 0 Å². The Morgan fingerprint density at radius 2 is 2.16 bits per heavy atom. The Hall–Kier alpha value is -0.170. The van der Waals surface area contributed by atoms with Crippen LogP contribution in [-0.2, 0) is 14.8 Å². The number of nitrogens with zero attached hydrogens (tertiary/aromatic N) is 1. The molecule has 0 aromatic rings. The first kappa shape index (κ1) is 16.9. The monoisotopic (exact) mass is 292 g/mol. The lowest BCUT2D eigenvalue weighted by atomic mass is 9.92. The minimum Gasteiger partial charge on any atom is -0.380 e. The summed E-state index contributed by atoms with van der Waals surface area (Å²) in [6, 6.07) is 0.328. The van der Waals surface area contributed by atoms with E-state index in [9.17, 15) is 8.42 Å². The quantitative estimate of drug-likeness (QED) is 0.727. The van der Waals surface area contributed by atoms with Gasteiger partial charge in [-0.3, -0.25) is 0 Å². The molecule has 0 aliphatic carbocycles. The van der Waals surface area contributed by atoms with Crippen molar-refractivity contribution in [2.24, 2.45) is 5.92 Å². The molecule has 1 aliphatic heterocycles. The third-order valence-corrected chi connectivity index (χ3v) is 4.85. The summed E-state index contributed by atoms with van der Waals surface area (Å²) in [5.41, 5.74) is 0. The lowest BCUT2D eigenvalue weighted by molar-refractivity contribution is 0.109. The Balaban J connectivity index is 2.49. The maximum absolute atomic E-state index is 11.6. The topological polar surface area (TPSA) is 58.6 Å². The van der Waals surface area contributed by atoms with E-state index in [1.165, 1.54) is 6.26 Å². The van der Waals surface area contributed by atoms with Crippen molar-refractivity contribution >= 4 is 10.0 Å². The van der Waals surface area contributed by atoms with Crippen LogP contribution in [0, 0.1) is 5.92 Å². The van der Waals surface area contributed by atoms with E-state index in [4.69, 9.17) is 4.74 Å². The molecule has 0 radical (unpaired) electrons. The number of hydrogen-bond donors (Lipinski definition) is 1. The lowest BCUT2D eigenvalue weighted by Crippen LogP contribution is -2.43. The number of nitrogens with one attached hydrogen (secondary N) is 1. The van der Waals surface area contributed by atoms with E-state index in [2.05, 4.69) is 12.2 Å². The van der Waals surface area contributed by atoms with E-state index in [0.717, 1.165) is 32.4 Å². The fraction of sp³-hybridized carbons (Fsp3) is 1.00. The van der Waals surface area contributed by atoms with Gasteiger partial charge in [-0.15, -0.1) is 0 Å². The van der Waals surface area contributed by atoms with Crippen LogP contribution >= 0.6 is 0 Å². The van der Waals surface area contributed by atoms with Crippen molar-refractivity contribution in [3.8, 4) is 0 Å². The molecule has 5 nitrogen and oxygen atoms in total. The molecule has 2 atom stereocenters. The van der Waals surface area contributed by atoms with Crippen LogP contribution in [0.3, 0.4) is 0 Å². The van der Waals surface area contributed by atoms with Crippen LogP contribution in [0.15, 0.2) is 0 Å². The zero-order valence-corrected chi connectivity index (χ0v) is 13.2. The Kier molecular flexibility index (Phi) is 7.28.